The molecule has 1 aliphatic heterocycles. The summed E-state index contributed by atoms with van der Waals surface area (Å²) < 4.78 is 37.8. The summed E-state index contributed by atoms with van der Waals surface area (Å²) in [4.78, 5) is 9.77. The normalized spacial score (nSPS) is 28.8. The minimum absolute atomic E-state index is 0.191. The first-order valence-corrected chi connectivity index (χ1v) is 8.59. The van der Waals surface area contributed by atoms with Crippen molar-refractivity contribution in [3.8, 4) is 0 Å². The lowest BCUT2D eigenvalue weighted by molar-refractivity contribution is -0.138. The Kier molecular flexibility index (Phi) is 5.24. The zero-order valence-corrected chi connectivity index (χ0v) is 13.6. The van der Waals surface area contributed by atoms with E-state index in [0.29, 0.717) is 18.5 Å². The standard InChI is InChI=1S/C16H24F3N5/c17-16(18,19)11-8-21-15(22-9-11)24-7-3-4-12(10-24)23-14-6-2-1-5-13(14)20/h8-9,12-14,23H,1-7,10,20H2/t12-,13+,14+/m0/s1. The number of hydrogen-bond acceptors (Lipinski definition) is 5. The largest absolute Gasteiger partial charge is 0.419 e. The molecule has 3 rings (SSSR count). The molecule has 3 atom stereocenters. The predicted molar refractivity (Wildman–Crippen MR) is 85.6 cm³/mol. The van der Waals surface area contributed by atoms with Crippen LogP contribution in [0.1, 0.15) is 44.1 Å². The molecule has 0 amide bonds. The van der Waals surface area contributed by atoms with E-state index in [1.807, 2.05) is 4.90 Å². The minimum atomic E-state index is -4.40. The Balaban J connectivity index is 1.60. The van der Waals surface area contributed by atoms with Gasteiger partial charge in [0.1, 0.15) is 0 Å². The molecule has 2 heterocycles. The molecule has 5 nitrogen and oxygen atoms in total. The highest BCUT2D eigenvalue weighted by Crippen LogP contribution is 2.28. The van der Waals surface area contributed by atoms with E-state index >= 15 is 0 Å². The van der Waals surface area contributed by atoms with E-state index in [2.05, 4.69) is 15.3 Å². The molecular weight excluding hydrogens is 319 g/mol. The molecule has 1 saturated heterocycles. The van der Waals surface area contributed by atoms with Gasteiger partial charge in [0.2, 0.25) is 5.95 Å². The zero-order chi connectivity index (χ0) is 17.2. The first kappa shape index (κ1) is 17.4. The third kappa shape index (κ3) is 4.16. The second-order valence-electron chi connectivity index (χ2n) is 6.78. The second kappa shape index (κ2) is 7.23. The minimum Gasteiger partial charge on any atom is -0.339 e. The van der Waals surface area contributed by atoms with Gasteiger partial charge in [0.15, 0.2) is 0 Å². The SMILES string of the molecule is N[C@@H]1CCCC[C@H]1N[C@H]1CCCN(c2ncc(C(F)(F)F)cn2)C1. The summed E-state index contributed by atoms with van der Waals surface area (Å²) in [7, 11) is 0. The fourth-order valence-corrected chi connectivity index (χ4v) is 3.59. The van der Waals surface area contributed by atoms with Crippen LogP contribution < -0.4 is 16.0 Å². The molecule has 0 bridgehead atoms. The molecule has 0 unspecified atom stereocenters. The predicted octanol–water partition coefficient (Wildman–Crippen LogP) is 2.32. The number of anilines is 1. The molecule has 1 aromatic rings. The first-order valence-electron chi connectivity index (χ1n) is 8.59. The van der Waals surface area contributed by atoms with Gasteiger partial charge in [0.05, 0.1) is 5.56 Å². The fourth-order valence-electron chi connectivity index (χ4n) is 3.59. The Bertz CT molecular complexity index is 534. The van der Waals surface area contributed by atoms with Crippen LogP contribution >= 0.6 is 0 Å². The third-order valence-corrected chi connectivity index (χ3v) is 4.94. The number of nitrogens with two attached hydrogens (primary N) is 1. The van der Waals surface area contributed by atoms with E-state index in [4.69, 9.17) is 5.73 Å². The molecule has 0 aromatic carbocycles. The van der Waals surface area contributed by atoms with Gasteiger partial charge in [-0.15, -0.1) is 0 Å². The molecule has 1 aromatic heterocycles. The van der Waals surface area contributed by atoms with Gasteiger partial charge in [-0.25, -0.2) is 9.97 Å². The number of halogens is 3. The van der Waals surface area contributed by atoms with E-state index in [-0.39, 0.29) is 12.1 Å². The lowest BCUT2D eigenvalue weighted by atomic mass is 9.90. The Morgan fingerprint density at radius 2 is 1.79 bits per heavy atom. The van der Waals surface area contributed by atoms with Gasteiger partial charge in [-0.2, -0.15) is 13.2 Å². The average molecular weight is 343 g/mol. The van der Waals surface area contributed by atoms with Gasteiger partial charge in [0, 0.05) is 43.6 Å². The van der Waals surface area contributed by atoms with Crippen molar-refractivity contribution in [3.63, 3.8) is 0 Å². The molecular formula is C16H24F3N5. The van der Waals surface area contributed by atoms with Gasteiger partial charge < -0.3 is 16.0 Å². The molecule has 24 heavy (non-hydrogen) atoms. The number of hydrogen-bond donors (Lipinski definition) is 2. The number of nitrogens with one attached hydrogen (secondary N) is 1. The lowest BCUT2D eigenvalue weighted by Gasteiger charge is -2.38. The van der Waals surface area contributed by atoms with Gasteiger partial charge >= 0.3 is 6.18 Å². The summed E-state index contributed by atoms with van der Waals surface area (Å²) in [6.45, 7) is 1.47. The highest BCUT2D eigenvalue weighted by molar-refractivity contribution is 5.31. The Morgan fingerprint density at radius 3 is 2.46 bits per heavy atom. The fraction of sp³-hybridized carbons (Fsp3) is 0.750. The van der Waals surface area contributed by atoms with Crippen LogP contribution in [0.3, 0.4) is 0 Å². The number of alkyl halides is 3. The van der Waals surface area contributed by atoms with E-state index in [0.717, 1.165) is 44.6 Å². The lowest BCUT2D eigenvalue weighted by Crippen LogP contribution is -2.55. The molecule has 1 saturated carbocycles. The highest BCUT2D eigenvalue weighted by Gasteiger charge is 2.32. The van der Waals surface area contributed by atoms with Crippen molar-refractivity contribution >= 4 is 5.95 Å². The third-order valence-electron chi connectivity index (χ3n) is 4.94. The van der Waals surface area contributed by atoms with Crippen molar-refractivity contribution in [2.45, 2.75) is 62.8 Å². The molecule has 3 N–H and O–H groups in total. The average Bonchev–Trinajstić information content (AvgIpc) is 2.57. The summed E-state index contributed by atoms with van der Waals surface area (Å²) >= 11 is 0. The first-order chi connectivity index (χ1) is 11.4. The molecule has 2 fully saturated rings. The van der Waals surface area contributed by atoms with Crippen molar-refractivity contribution in [2.75, 3.05) is 18.0 Å². The van der Waals surface area contributed by atoms with Gasteiger partial charge in [-0.1, -0.05) is 12.8 Å². The maximum atomic E-state index is 12.6. The molecule has 0 spiro atoms. The van der Waals surface area contributed by atoms with Crippen molar-refractivity contribution in [1.29, 1.82) is 0 Å². The summed E-state index contributed by atoms with van der Waals surface area (Å²) in [6, 6.07) is 0.799. The van der Waals surface area contributed by atoms with Crippen molar-refractivity contribution in [2.24, 2.45) is 5.73 Å². The smallest absolute Gasteiger partial charge is 0.339 e. The van der Waals surface area contributed by atoms with Crippen molar-refractivity contribution in [3.05, 3.63) is 18.0 Å². The number of rotatable bonds is 3. The van der Waals surface area contributed by atoms with Gasteiger partial charge in [-0.05, 0) is 25.7 Å². The molecule has 134 valence electrons. The van der Waals surface area contributed by atoms with Crippen LogP contribution in [-0.2, 0) is 6.18 Å². The second-order valence-corrected chi connectivity index (χ2v) is 6.78. The highest BCUT2D eigenvalue weighted by atomic mass is 19.4. The Hall–Kier alpha value is -1.41. The topological polar surface area (TPSA) is 67.1 Å². The summed E-state index contributed by atoms with van der Waals surface area (Å²) in [5, 5.41) is 3.64. The van der Waals surface area contributed by atoms with Crippen LogP contribution in [0.15, 0.2) is 12.4 Å². The van der Waals surface area contributed by atoms with Crippen LogP contribution in [0, 0.1) is 0 Å². The summed E-state index contributed by atoms with van der Waals surface area (Å²) in [5.41, 5.74) is 5.38. The molecule has 1 aliphatic carbocycles. The maximum absolute atomic E-state index is 12.6. The summed E-state index contributed by atoms with van der Waals surface area (Å²) in [6.07, 6.45) is 3.85. The van der Waals surface area contributed by atoms with Crippen molar-refractivity contribution < 1.29 is 13.2 Å². The zero-order valence-electron chi connectivity index (χ0n) is 13.6. The number of aromatic nitrogens is 2. The number of piperidine rings is 1. The van der Waals surface area contributed by atoms with Gasteiger partial charge in [-0.3, -0.25) is 0 Å². The maximum Gasteiger partial charge on any atom is 0.419 e. The number of nitrogens with zero attached hydrogens (tertiary/aromatic N) is 3. The van der Waals surface area contributed by atoms with E-state index < -0.39 is 11.7 Å². The van der Waals surface area contributed by atoms with Gasteiger partial charge in [0.25, 0.3) is 0 Å². The van der Waals surface area contributed by atoms with Crippen molar-refractivity contribution in [1.82, 2.24) is 15.3 Å². The van der Waals surface area contributed by atoms with E-state index in [9.17, 15) is 13.2 Å². The van der Waals surface area contributed by atoms with E-state index in [1.165, 1.54) is 12.8 Å². The van der Waals surface area contributed by atoms with Crippen LogP contribution in [0.25, 0.3) is 0 Å². The van der Waals surface area contributed by atoms with Crippen LogP contribution in [-0.4, -0.2) is 41.2 Å². The van der Waals surface area contributed by atoms with Crippen LogP contribution in [0.2, 0.25) is 0 Å². The quantitative estimate of drug-likeness (QED) is 0.882. The molecule has 2 aliphatic rings. The van der Waals surface area contributed by atoms with E-state index in [1.54, 1.807) is 0 Å². The monoisotopic (exact) mass is 343 g/mol. The van der Waals surface area contributed by atoms with Crippen LogP contribution in [0.4, 0.5) is 19.1 Å². The molecule has 8 heteroatoms. The summed E-state index contributed by atoms with van der Waals surface area (Å²) in [5.74, 6) is 0.363. The van der Waals surface area contributed by atoms with Crippen LogP contribution in [0.5, 0.6) is 0 Å². The Labute approximate surface area is 139 Å². The Morgan fingerprint density at radius 1 is 1.08 bits per heavy atom. The molecule has 0 radical (unpaired) electrons.